The number of unbranched alkanes of at least 4 members (excludes halogenated alkanes) is 2. The maximum Gasteiger partial charge on any atom is 0.0976 e. The maximum absolute atomic E-state index is 3.61. The molecule has 3 rings (SSSR count). The molecule has 1 heteroatoms. The Balaban J connectivity index is 1.94. The van der Waals surface area contributed by atoms with Crippen LogP contribution in [0.2, 0.25) is 0 Å². The van der Waals surface area contributed by atoms with E-state index >= 15 is 0 Å². The third-order valence-corrected chi connectivity index (χ3v) is 5.11. The molecule has 0 aromatic heterocycles. The van der Waals surface area contributed by atoms with Gasteiger partial charge in [-0.05, 0) is 30.0 Å². The largest absolute Gasteiger partial charge is 0.277 e. The summed E-state index contributed by atoms with van der Waals surface area (Å²) in [4.78, 5) is 2.49. The third-order valence-electron chi connectivity index (χ3n) is 5.11. The first-order chi connectivity index (χ1) is 14.3. The summed E-state index contributed by atoms with van der Waals surface area (Å²) < 4.78 is 0. The molecule has 1 nitrogen and oxygen atoms in total. The SMILES string of the molecule is CCCCC#CC(c1ccc(C)cc1)N(Cc1ccccc1)Cc1ccccc1. The quantitative estimate of drug-likeness (QED) is 0.302. The van der Waals surface area contributed by atoms with Gasteiger partial charge in [-0.2, -0.15) is 0 Å². The Labute approximate surface area is 176 Å². The van der Waals surface area contributed by atoms with Gasteiger partial charge in [-0.1, -0.05) is 110 Å². The minimum Gasteiger partial charge on any atom is -0.277 e. The molecule has 0 aliphatic carbocycles. The van der Waals surface area contributed by atoms with Gasteiger partial charge in [0.1, 0.15) is 0 Å². The van der Waals surface area contributed by atoms with Crippen LogP contribution in [-0.4, -0.2) is 4.90 Å². The molecule has 0 amide bonds. The van der Waals surface area contributed by atoms with Gasteiger partial charge in [0.25, 0.3) is 0 Å². The molecule has 0 fully saturated rings. The molecular formula is C28H31N. The Morgan fingerprint density at radius 1 is 0.759 bits per heavy atom. The van der Waals surface area contributed by atoms with E-state index in [0.29, 0.717) is 0 Å². The van der Waals surface area contributed by atoms with Gasteiger partial charge in [0.15, 0.2) is 0 Å². The van der Waals surface area contributed by atoms with Crippen molar-refractivity contribution in [3.8, 4) is 11.8 Å². The summed E-state index contributed by atoms with van der Waals surface area (Å²) in [7, 11) is 0. The van der Waals surface area contributed by atoms with E-state index in [4.69, 9.17) is 0 Å². The molecule has 0 N–H and O–H groups in total. The van der Waals surface area contributed by atoms with Crippen LogP contribution in [0, 0.1) is 18.8 Å². The zero-order valence-electron chi connectivity index (χ0n) is 17.6. The number of aryl methyl sites for hydroxylation is 1. The number of benzene rings is 3. The van der Waals surface area contributed by atoms with Crippen LogP contribution in [0.15, 0.2) is 84.9 Å². The van der Waals surface area contributed by atoms with Crippen LogP contribution in [0.25, 0.3) is 0 Å². The Kier molecular flexibility index (Phi) is 8.11. The average molecular weight is 382 g/mol. The first-order valence-electron chi connectivity index (χ1n) is 10.6. The fourth-order valence-corrected chi connectivity index (χ4v) is 3.44. The van der Waals surface area contributed by atoms with Crippen molar-refractivity contribution in [1.82, 2.24) is 4.90 Å². The highest BCUT2D eigenvalue weighted by Crippen LogP contribution is 2.25. The molecule has 29 heavy (non-hydrogen) atoms. The minimum atomic E-state index is 0.0767. The molecule has 0 saturated heterocycles. The van der Waals surface area contributed by atoms with Gasteiger partial charge in [-0.25, -0.2) is 0 Å². The van der Waals surface area contributed by atoms with Crippen molar-refractivity contribution in [2.24, 2.45) is 0 Å². The molecule has 148 valence electrons. The highest BCUT2D eigenvalue weighted by molar-refractivity contribution is 5.31. The average Bonchev–Trinajstić information content (AvgIpc) is 2.76. The fraction of sp³-hybridized carbons (Fsp3) is 0.286. The smallest absolute Gasteiger partial charge is 0.0976 e. The minimum absolute atomic E-state index is 0.0767. The topological polar surface area (TPSA) is 3.24 Å². The summed E-state index contributed by atoms with van der Waals surface area (Å²) >= 11 is 0. The van der Waals surface area contributed by atoms with E-state index in [1.165, 1.54) is 28.7 Å². The first-order valence-corrected chi connectivity index (χ1v) is 10.6. The lowest BCUT2D eigenvalue weighted by Crippen LogP contribution is -2.27. The van der Waals surface area contributed by atoms with Gasteiger partial charge < -0.3 is 0 Å². The van der Waals surface area contributed by atoms with Crippen LogP contribution in [0.3, 0.4) is 0 Å². The second kappa shape index (κ2) is 11.2. The number of hydrogen-bond acceptors (Lipinski definition) is 1. The summed E-state index contributed by atoms with van der Waals surface area (Å²) in [5, 5.41) is 0. The normalized spacial score (nSPS) is 11.7. The molecule has 3 aromatic carbocycles. The Hall–Kier alpha value is -2.82. The molecule has 0 heterocycles. The van der Waals surface area contributed by atoms with Gasteiger partial charge >= 0.3 is 0 Å². The van der Waals surface area contributed by atoms with Crippen molar-refractivity contribution >= 4 is 0 Å². The van der Waals surface area contributed by atoms with E-state index in [9.17, 15) is 0 Å². The third kappa shape index (κ3) is 6.63. The van der Waals surface area contributed by atoms with Crippen molar-refractivity contribution < 1.29 is 0 Å². The van der Waals surface area contributed by atoms with Crippen molar-refractivity contribution in [2.75, 3.05) is 0 Å². The molecule has 0 radical (unpaired) electrons. The molecule has 0 saturated carbocycles. The van der Waals surface area contributed by atoms with Crippen LogP contribution in [-0.2, 0) is 13.1 Å². The van der Waals surface area contributed by atoms with Gasteiger partial charge in [0, 0.05) is 19.5 Å². The second-order valence-corrected chi connectivity index (χ2v) is 7.61. The summed E-state index contributed by atoms with van der Waals surface area (Å²) in [6.07, 6.45) is 3.30. The standard InChI is InChI=1S/C28H31N/c1-3-4-5-12-17-28(27-20-18-24(2)19-21-27)29(22-25-13-8-6-9-14-25)23-26-15-10-7-11-16-26/h6-11,13-16,18-21,28H,3-5,22-23H2,1-2H3. The molecular weight excluding hydrogens is 350 g/mol. The van der Waals surface area contributed by atoms with Crippen molar-refractivity contribution in [3.05, 3.63) is 107 Å². The zero-order valence-corrected chi connectivity index (χ0v) is 17.6. The fourth-order valence-electron chi connectivity index (χ4n) is 3.44. The van der Waals surface area contributed by atoms with Crippen LogP contribution >= 0.6 is 0 Å². The lowest BCUT2D eigenvalue weighted by molar-refractivity contribution is 0.219. The van der Waals surface area contributed by atoms with Crippen molar-refractivity contribution in [3.63, 3.8) is 0 Å². The van der Waals surface area contributed by atoms with Crippen LogP contribution in [0.5, 0.6) is 0 Å². The van der Waals surface area contributed by atoms with Crippen molar-refractivity contribution in [2.45, 2.75) is 52.2 Å². The predicted octanol–water partition coefficient (Wildman–Crippen LogP) is 6.93. The Morgan fingerprint density at radius 2 is 1.31 bits per heavy atom. The molecule has 1 unspecified atom stereocenters. The summed E-state index contributed by atoms with van der Waals surface area (Å²) in [5.74, 6) is 7.07. The van der Waals surface area contributed by atoms with Crippen molar-refractivity contribution in [1.29, 1.82) is 0 Å². The summed E-state index contributed by atoms with van der Waals surface area (Å²) in [6, 6.07) is 30.4. The molecule has 3 aromatic rings. The van der Waals surface area contributed by atoms with Crippen LogP contribution < -0.4 is 0 Å². The predicted molar refractivity (Wildman–Crippen MR) is 123 cm³/mol. The van der Waals surface area contributed by atoms with E-state index in [1.54, 1.807) is 0 Å². The molecule has 0 aliphatic rings. The molecule has 0 aliphatic heterocycles. The van der Waals surface area contributed by atoms with Gasteiger partial charge in [0.2, 0.25) is 0 Å². The first kappa shape index (κ1) is 20.9. The lowest BCUT2D eigenvalue weighted by Gasteiger charge is -2.29. The van der Waals surface area contributed by atoms with E-state index in [1.807, 2.05) is 0 Å². The summed E-state index contributed by atoms with van der Waals surface area (Å²) in [6.45, 7) is 6.10. The summed E-state index contributed by atoms with van der Waals surface area (Å²) in [5.41, 5.74) is 5.18. The highest BCUT2D eigenvalue weighted by Gasteiger charge is 2.19. The Bertz CT molecular complexity index is 860. The Morgan fingerprint density at radius 3 is 1.83 bits per heavy atom. The van der Waals surface area contributed by atoms with Crippen LogP contribution in [0.1, 0.15) is 54.5 Å². The monoisotopic (exact) mass is 381 g/mol. The number of rotatable bonds is 8. The number of nitrogens with zero attached hydrogens (tertiary/aromatic N) is 1. The van der Waals surface area contributed by atoms with E-state index < -0.39 is 0 Å². The molecule has 0 spiro atoms. The lowest BCUT2D eigenvalue weighted by atomic mass is 10.0. The second-order valence-electron chi connectivity index (χ2n) is 7.61. The zero-order chi connectivity index (χ0) is 20.3. The van der Waals surface area contributed by atoms with Crippen LogP contribution in [0.4, 0.5) is 0 Å². The van der Waals surface area contributed by atoms with E-state index in [2.05, 4.69) is 116 Å². The van der Waals surface area contributed by atoms with E-state index in [0.717, 1.165) is 25.9 Å². The van der Waals surface area contributed by atoms with Gasteiger partial charge in [-0.3, -0.25) is 4.90 Å². The van der Waals surface area contributed by atoms with Gasteiger partial charge in [-0.15, -0.1) is 5.92 Å². The molecule has 0 bridgehead atoms. The maximum atomic E-state index is 3.61. The number of hydrogen-bond donors (Lipinski definition) is 0. The van der Waals surface area contributed by atoms with E-state index in [-0.39, 0.29) is 6.04 Å². The molecule has 1 atom stereocenters. The highest BCUT2D eigenvalue weighted by atomic mass is 15.1. The van der Waals surface area contributed by atoms with Gasteiger partial charge in [0.05, 0.1) is 6.04 Å².